The van der Waals surface area contributed by atoms with Gasteiger partial charge >= 0.3 is 5.97 Å². The summed E-state index contributed by atoms with van der Waals surface area (Å²) < 4.78 is 6.15. The van der Waals surface area contributed by atoms with Crippen molar-refractivity contribution in [1.82, 2.24) is 4.90 Å². The number of rotatable bonds is 4. The normalized spacial score (nSPS) is 27.2. The van der Waals surface area contributed by atoms with Crippen molar-refractivity contribution in [3.8, 4) is 0 Å². The predicted molar refractivity (Wildman–Crippen MR) is 153 cm³/mol. The first kappa shape index (κ1) is 25.6. The van der Waals surface area contributed by atoms with Crippen molar-refractivity contribution in [2.75, 3.05) is 36.1 Å². The number of fused-ring (bicyclic) bond motifs is 4. The highest BCUT2D eigenvalue weighted by Gasteiger charge is 2.60. The monoisotopic (exact) mass is 578 g/mol. The summed E-state index contributed by atoms with van der Waals surface area (Å²) in [5.74, 6) is -0.335. The van der Waals surface area contributed by atoms with Gasteiger partial charge in [-0.05, 0) is 107 Å². The van der Waals surface area contributed by atoms with Gasteiger partial charge < -0.3 is 14.5 Å². The summed E-state index contributed by atoms with van der Waals surface area (Å²) in [6.07, 6.45) is 6.57. The summed E-state index contributed by atoms with van der Waals surface area (Å²) >= 11 is 3.66. The minimum atomic E-state index is -0.720. The molecule has 0 radical (unpaired) electrons. The first-order chi connectivity index (χ1) is 18.4. The summed E-state index contributed by atoms with van der Waals surface area (Å²) in [5, 5.41) is 6.45. The number of anilines is 2. The lowest BCUT2D eigenvalue weighted by molar-refractivity contribution is -0.125. The number of esters is 1. The van der Waals surface area contributed by atoms with E-state index >= 15 is 0 Å². The van der Waals surface area contributed by atoms with Crippen molar-refractivity contribution in [3.05, 3.63) is 58.1 Å². The molecule has 2 aromatic rings. The van der Waals surface area contributed by atoms with Gasteiger partial charge in [-0.3, -0.25) is 4.79 Å². The van der Waals surface area contributed by atoms with Gasteiger partial charge in [0.2, 0.25) is 0 Å². The Hall–Kier alpha value is -2.71. The smallest absolute Gasteiger partial charge is 0.338 e. The van der Waals surface area contributed by atoms with E-state index in [1.54, 1.807) is 36.2 Å². The summed E-state index contributed by atoms with van der Waals surface area (Å²) in [4.78, 5) is 31.8. The third-order valence-corrected chi connectivity index (χ3v) is 9.46. The number of amides is 1. The maximum absolute atomic E-state index is 14.5. The van der Waals surface area contributed by atoms with E-state index in [9.17, 15) is 9.59 Å². The van der Waals surface area contributed by atoms with Crippen molar-refractivity contribution in [1.29, 1.82) is 0 Å². The van der Waals surface area contributed by atoms with E-state index in [1.165, 1.54) is 30.5 Å². The molecule has 2 saturated heterocycles. The number of nitrogens with zero attached hydrogens (tertiary/aromatic N) is 4. The number of ether oxygens (including phenoxy) is 1. The molecule has 2 fully saturated rings. The Morgan fingerprint density at radius 3 is 2.61 bits per heavy atom. The molecular formula is C30H35BrN4O3. The van der Waals surface area contributed by atoms with Gasteiger partial charge in [0.1, 0.15) is 5.41 Å². The molecule has 6 rings (SSSR count). The average Bonchev–Trinajstić information content (AvgIpc) is 3.19. The fraction of sp³-hybridized carbons (Fsp3) is 0.500. The molecule has 1 amide bonds. The Morgan fingerprint density at radius 2 is 1.87 bits per heavy atom. The first-order valence-corrected chi connectivity index (χ1v) is 14.7. The zero-order chi connectivity index (χ0) is 26.4. The zero-order valence-electron chi connectivity index (χ0n) is 22.2. The number of hydrogen-bond acceptors (Lipinski definition) is 6. The van der Waals surface area contributed by atoms with Crippen molar-refractivity contribution >= 4 is 44.9 Å². The van der Waals surface area contributed by atoms with Crippen LogP contribution in [-0.2, 0) is 16.0 Å². The van der Waals surface area contributed by atoms with Crippen LogP contribution in [0.25, 0.3) is 0 Å². The van der Waals surface area contributed by atoms with E-state index in [0.29, 0.717) is 30.3 Å². The Morgan fingerprint density at radius 1 is 1.11 bits per heavy atom. The first-order valence-electron chi connectivity index (χ1n) is 13.9. The number of carbonyl (C=O) groups excluding carboxylic acids is 2. The third-order valence-electron chi connectivity index (χ3n) is 8.96. The van der Waals surface area contributed by atoms with E-state index in [0.717, 1.165) is 42.7 Å². The highest BCUT2D eigenvalue weighted by Crippen LogP contribution is 2.50. The number of carbonyl (C=O) groups is 2. The average molecular weight is 580 g/mol. The quantitative estimate of drug-likeness (QED) is 0.453. The summed E-state index contributed by atoms with van der Waals surface area (Å²) in [5.41, 5.74) is 3.73. The molecule has 38 heavy (non-hydrogen) atoms. The van der Waals surface area contributed by atoms with Crippen LogP contribution in [0.15, 0.2) is 52.0 Å². The molecule has 0 aromatic heterocycles. The van der Waals surface area contributed by atoms with Crippen LogP contribution in [0.5, 0.6) is 0 Å². The van der Waals surface area contributed by atoms with Gasteiger partial charge in [0.25, 0.3) is 5.91 Å². The van der Waals surface area contributed by atoms with E-state index in [2.05, 4.69) is 43.9 Å². The van der Waals surface area contributed by atoms with Crippen LogP contribution in [0, 0.1) is 5.41 Å². The molecule has 0 saturated carbocycles. The molecule has 2 aromatic carbocycles. The van der Waals surface area contributed by atoms with Gasteiger partial charge in [0.15, 0.2) is 0 Å². The van der Waals surface area contributed by atoms with Gasteiger partial charge in [0.05, 0.1) is 29.6 Å². The number of halogens is 1. The van der Waals surface area contributed by atoms with E-state index < -0.39 is 5.41 Å². The number of benzene rings is 2. The van der Waals surface area contributed by atoms with Crippen molar-refractivity contribution in [3.63, 3.8) is 0 Å². The topological polar surface area (TPSA) is 65.5 Å². The highest BCUT2D eigenvalue weighted by atomic mass is 79.9. The van der Waals surface area contributed by atoms with Crippen LogP contribution in [0.1, 0.15) is 61.9 Å². The lowest BCUT2D eigenvalue weighted by Gasteiger charge is -2.54. The Labute approximate surface area is 232 Å². The van der Waals surface area contributed by atoms with E-state index in [4.69, 9.17) is 9.84 Å². The molecule has 4 aliphatic rings. The van der Waals surface area contributed by atoms with Crippen LogP contribution >= 0.6 is 15.9 Å². The van der Waals surface area contributed by atoms with Crippen molar-refractivity contribution in [2.24, 2.45) is 10.5 Å². The number of hydrogen-bond donors (Lipinski definition) is 0. The number of hydrazone groups is 1. The highest BCUT2D eigenvalue weighted by molar-refractivity contribution is 9.10. The van der Waals surface area contributed by atoms with Gasteiger partial charge in [-0.2, -0.15) is 10.1 Å². The van der Waals surface area contributed by atoms with Crippen LogP contribution in [0.2, 0.25) is 0 Å². The van der Waals surface area contributed by atoms with E-state index in [-0.39, 0.29) is 17.9 Å². The molecular weight excluding hydrogens is 544 g/mol. The largest absolute Gasteiger partial charge is 0.462 e. The molecule has 0 unspecified atom stereocenters. The summed E-state index contributed by atoms with van der Waals surface area (Å²) in [7, 11) is 0. The van der Waals surface area contributed by atoms with Gasteiger partial charge in [0, 0.05) is 22.7 Å². The SMILES string of the molecule is CCOC(=O)c1ccc(N2N=C(C)[C@]3(Cc4cc(Br)ccc4N4CC[C@@H](N5CCCCC5)C[C@H]43)C2=O)cc1. The van der Waals surface area contributed by atoms with Crippen molar-refractivity contribution < 1.29 is 14.3 Å². The zero-order valence-corrected chi connectivity index (χ0v) is 23.7. The second-order valence-corrected chi connectivity index (χ2v) is 11.9. The minimum Gasteiger partial charge on any atom is -0.462 e. The lowest BCUT2D eigenvalue weighted by atomic mass is 9.65. The lowest BCUT2D eigenvalue weighted by Crippen LogP contribution is -2.64. The van der Waals surface area contributed by atoms with Gasteiger partial charge in [-0.1, -0.05) is 22.4 Å². The molecule has 0 N–H and O–H groups in total. The fourth-order valence-corrected chi connectivity index (χ4v) is 7.46. The molecule has 3 atom stereocenters. The summed E-state index contributed by atoms with van der Waals surface area (Å²) in [6, 6.07) is 14.0. The molecule has 0 aliphatic carbocycles. The van der Waals surface area contributed by atoms with Crippen LogP contribution in [0.4, 0.5) is 11.4 Å². The molecule has 1 spiro atoms. The molecule has 0 bridgehead atoms. The van der Waals surface area contributed by atoms with Gasteiger partial charge in [-0.15, -0.1) is 0 Å². The van der Waals surface area contributed by atoms with E-state index in [1.807, 2.05) is 6.92 Å². The van der Waals surface area contributed by atoms with Crippen LogP contribution in [-0.4, -0.2) is 60.8 Å². The summed E-state index contributed by atoms with van der Waals surface area (Å²) in [6.45, 7) is 7.40. The van der Waals surface area contributed by atoms with Gasteiger partial charge in [-0.25, -0.2) is 4.79 Å². The second kappa shape index (κ2) is 10.1. The maximum Gasteiger partial charge on any atom is 0.338 e. The minimum absolute atomic E-state index is 0.0267. The number of likely N-dealkylation sites (tertiary alicyclic amines) is 1. The molecule has 200 valence electrons. The Balaban J connectivity index is 1.36. The predicted octanol–water partition coefficient (Wildman–Crippen LogP) is 5.41. The van der Waals surface area contributed by atoms with Crippen LogP contribution in [0.3, 0.4) is 0 Å². The molecule has 8 heteroatoms. The molecule has 4 aliphatic heterocycles. The standard InChI is InChI=1S/C30H35BrN4O3/c1-3-38-28(36)21-7-10-24(11-8-21)35-29(37)30(20(2)32-35)19-22-17-23(31)9-12-26(22)34-16-13-25(18-27(30)34)33-14-5-4-6-15-33/h7-12,17,25,27H,3-6,13-16,18-19H2,1-2H3/t25-,27+,30+/m1/s1. The fourth-order valence-electron chi connectivity index (χ4n) is 7.06. The number of piperidine rings is 2. The Kier molecular flexibility index (Phi) is 6.80. The third kappa shape index (κ3) is 4.16. The van der Waals surface area contributed by atoms with Crippen molar-refractivity contribution in [2.45, 2.75) is 64.5 Å². The van der Waals surface area contributed by atoms with Crippen LogP contribution < -0.4 is 9.91 Å². The second-order valence-electron chi connectivity index (χ2n) is 11.0. The Bertz CT molecular complexity index is 1270. The molecule has 7 nitrogen and oxygen atoms in total. The molecule has 4 heterocycles. The maximum atomic E-state index is 14.5.